The third-order valence-electron chi connectivity index (χ3n) is 5.57. The van der Waals surface area contributed by atoms with Gasteiger partial charge in [-0.1, -0.05) is 18.7 Å². The van der Waals surface area contributed by atoms with E-state index in [1.54, 1.807) is 0 Å². The zero-order chi connectivity index (χ0) is 14.7. The van der Waals surface area contributed by atoms with Gasteiger partial charge in [0.1, 0.15) is 0 Å². The van der Waals surface area contributed by atoms with E-state index >= 15 is 0 Å². The van der Waals surface area contributed by atoms with Crippen LogP contribution in [0.25, 0.3) is 0 Å². The molecule has 3 aliphatic carbocycles. The number of unbranched alkanes of at least 4 members (excludes halogenated alkanes) is 1. The number of esters is 1. The van der Waals surface area contributed by atoms with E-state index in [-0.39, 0.29) is 5.97 Å². The Balaban J connectivity index is 1.26. The Kier molecular flexibility index (Phi) is 4.79. The highest BCUT2D eigenvalue weighted by Gasteiger charge is 2.52. The SMILES string of the molecule is C=CC(=O)OCCCCOCC1CC2CC1C1CC=CC21. The van der Waals surface area contributed by atoms with Gasteiger partial charge in [0.15, 0.2) is 0 Å². The summed E-state index contributed by atoms with van der Waals surface area (Å²) in [6.07, 6.45) is 12.0. The standard InChI is InChI=1S/C18H26O3/c1-2-18(19)21-9-4-3-8-20-12-14-10-13-11-17(14)16-7-5-6-15(13)16/h2,5-6,13-17H,1,3-4,7-12H2. The normalized spacial score (nSPS) is 35.9. The molecule has 3 rings (SSSR count). The summed E-state index contributed by atoms with van der Waals surface area (Å²) >= 11 is 0. The van der Waals surface area contributed by atoms with Crippen LogP contribution in [0.15, 0.2) is 24.8 Å². The molecule has 0 amide bonds. The molecule has 2 saturated carbocycles. The molecule has 0 aromatic heterocycles. The number of allylic oxidation sites excluding steroid dienone is 2. The van der Waals surface area contributed by atoms with Gasteiger partial charge in [0, 0.05) is 19.3 Å². The lowest BCUT2D eigenvalue weighted by Gasteiger charge is -2.31. The van der Waals surface area contributed by atoms with Crippen molar-refractivity contribution in [3.8, 4) is 0 Å². The summed E-state index contributed by atoms with van der Waals surface area (Å²) in [6, 6.07) is 0. The van der Waals surface area contributed by atoms with Gasteiger partial charge in [-0.3, -0.25) is 0 Å². The average Bonchev–Trinajstić information content (AvgIpc) is 3.18. The van der Waals surface area contributed by atoms with Gasteiger partial charge in [0.05, 0.1) is 6.61 Å². The lowest BCUT2D eigenvalue weighted by molar-refractivity contribution is -0.137. The molecule has 0 aromatic carbocycles. The van der Waals surface area contributed by atoms with Crippen molar-refractivity contribution in [1.29, 1.82) is 0 Å². The van der Waals surface area contributed by atoms with Crippen LogP contribution < -0.4 is 0 Å². The molecule has 0 heterocycles. The van der Waals surface area contributed by atoms with Crippen LogP contribution in [0, 0.1) is 29.6 Å². The zero-order valence-electron chi connectivity index (χ0n) is 12.7. The molecule has 3 heteroatoms. The van der Waals surface area contributed by atoms with Crippen molar-refractivity contribution in [2.24, 2.45) is 29.6 Å². The predicted octanol–water partition coefficient (Wildman–Crippen LogP) is 3.36. The highest BCUT2D eigenvalue weighted by Crippen LogP contribution is 2.58. The van der Waals surface area contributed by atoms with Crippen molar-refractivity contribution >= 4 is 5.97 Å². The smallest absolute Gasteiger partial charge is 0.330 e. The number of hydrogen-bond donors (Lipinski definition) is 0. The van der Waals surface area contributed by atoms with Gasteiger partial charge in [-0.25, -0.2) is 4.79 Å². The molecular weight excluding hydrogens is 264 g/mol. The van der Waals surface area contributed by atoms with Crippen molar-refractivity contribution in [3.05, 3.63) is 24.8 Å². The zero-order valence-corrected chi connectivity index (χ0v) is 12.7. The number of hydrogen-bond acceptors (Lipinski definition) is 3. The van der Waals surface area contributed by atoms with Gasteiger partial charge in [0.25, 0.3) is 0 Å². The van der Waals surface area contributed by atoms with Gasteiger partial charge in [0.2, 0.25) is 0 Å². The Morgan fingerprint density at radius 1 is 1.24 bits per heavy atom. The summed E-state index contributed by atoms with van der Waals surface area (Å²) in [7, 11) is 0. The second-order valence-electron chi connectivity index (χ2n) is 6.71. The molecule has 0 spiro atoms. The Labute approximate surface area is 127 Å². The first-order chi connectivity index (χ1) is 10.3. The number of fused-ring (bicyclic) bond motifs is 5. The molecule has 21 heavy (non-hydrogen) atoms. The largest absolute Gasteiger partial charge is 0.463 e. The maximum absolute atomic E-state index is 10.9. The van der Waals surface area contributed by atoms with Crippen LogP contribution in [-0.4, -0.2) is 25.8 Å². The molecule has 2 fully saturated rings. The maximum Gasteiger partial charge on any atom is 0.330 e. The highest BCUT2D eigenvalue weighted by atomic mass is 16.5. The van der Waals surface area contributed by atoms with Crippen molar-refractivity contribution in [3.63, 3.8) is 0 Å². The van der Waals surface area contributed by atoms with Crippen LogP contribution in [0.2, 0.25) is 0 Å². The van der Waals surface area contributed by atoms with Crippen molar-refractivity contribution in [2.45, 2.75) is 32.1 Å². The molecule has 0 aromatic rings. The minimum atomic E-state index is -0.336. The first-order valence-electron chi connectivity index (χ1n) is 8.33. The molecule has 2 bridgehead atoms. The van der Waals surface area contributed by atoms with E-state index < -0.39 is 0 Å². The summed E-state index contributed by atoms with van der Waals surface area (Å²) < 4.78 is 10.8. The van der Waals surface area contributed by atoms with Crippen LogP contribution in [-0.2, 0) is 14.3 Å². The third-order valence-corrected chi connectivity index (χ3v) is 5.57. The molecule has 0 radical (unpaired) electrons. The van der Waals surface area contributed by atoms with Crippen LogP contribution in [0.4, 0.5) is 0 Å². The van der Waals surface area contributed by atoms with E-state index in [1.165, 1.54) is 25.3 Å². The van der Waals surface area contributed by atoms with Gasteiger partial charge < -0.3 is 9.47 Å². The van der Waals surface area contributed by atoms with Crippen LogP contribution in [0.5, 0.6) is 0 Å². The van der Waals surface area contributed by atoms with Gasteiger partial charge in [-0.2, -0.15) is 0 Å². The topological polar surface area (TPSA) is 35.5 Å². The van der Waals surface area contributed by atoms with E-state index in [1.807, 2.05) is 0 Å². The van der Waals surface area contributed by atoms with Gasteiger partial charge in [-0.15, -0.1) is 0 Å². The number of ether oxygens (including phenoxy) is 2. The quantitative estimate of drug-likeness (QED) is 0.297. The fourth-order valence-corrected chi connectivity index (χ4v) is 4.66. The summed E-state index contributed by atoms with van der Waals surface area (Å²) in [4.78, 5) is 10.9. The lowest BCUT2D eigenvalue weighted by atomic mass is 9.76. The Hall–Kier alpha value is -1.09. The second-order valence-corrected chi connectivity index (χ2v) is 6.71. The molecule has 0 N–H and O–H groups in total. The van der Waals surface area contributed by atoms with Gasteiger partial charge in [-0.05, 0) is 61.7 Å². The number of rotatable bonds is 8. The van der Waals surface area contributed by atoms with Crippen molar-refractivity contribution in [1.82, 2.24) is 0 Å². The van der Waals surface area contributed by atoms with Crippen LogP contribution in [0.3, 0.4) is 0 Å². The maximum atomic E-state index is 10.9. The van der Waals surface area contributed by atoms with E-state index in [4.69, 9.17) is 9.47 Å². The molecule has 116 valence electrons. The van der Waals surface area contributed by atoms with E-state index in [9.17, 15) is 4.79 Å². The number of carbonyl (C=O) groups is 1. The molecule has 5 unspecified atom stereocenters. The molecule has 3 nitrogen and oxygen atoms in total. The van der Waals surface area contributed by atoms with E-state index in [2.05, 4.69) is 18.7 Å². The molecule has 5 atom stereocenters. The van der Waals surface area contributed by atoms with Crippen LogP contribution in [0.1, 0.15) is 32.1 Å². The molecule has 0 saturated heterocycles. The fraction of sp³-hybridized carbons (Fsp3) is 0.722. The predicted molar refractivity (Wildman–Crippen MR) is 81.7 cm³/mol. The lowest BCUT2D eigenvalue weighted by Crippen LogP contribution is -2.27. The summed E-state index contributed by atoms with van der Waals surface area (Å²) in [5.41, 5.74) is 0. The monoisotopic (exact) mass is 290 g/mol. The van der Waals surface area contributed by atoms with Crippen molar-refractivity contribution < 1.29 is 14.3 Å². The van der Waals surface area contributed by atoms with Gasteiger partial charge >= 0.3 is 5.97 Å². The first kappa shape index (κ1) is 14.8. The van der Waals surface area contributed by atoms with E-state index in [0.29, 0.717) is 6.61 Å². The Morgan fingerprint density at radius 2 is 2.10 bits per heavy atom. The number of carbonyl (C=O) groups excluding carboxylic acids is 1. The summed E-state index contributed by atoms with van der Waals surface area (Å²) in [6.45, 7) is 5.55. The van der Waals surface area contributed by atoms with Crippen molar-refractivity contribution in [2.75, 3.05) is 19.8 Å². The average molecular weight is 290 g/mol. The fourth-order valence-electron chi connectivity index (χ4n) is 4.66. The first-order valence-corrected chi connectivity index (χ1v) is 8.33. The Bertz CT molecular complexity index is 415. The second kappa shape index (κ2) is 6.78. The third kappa shape index (κ3) is 3.23. The minimum absolute atomic E-state index is 0.336. The van der Waals surface area contributed by atoms with E-state index in [0.717, 1.165) is 55.6 Å². The molecule has 0 aliphatic heterocycles. The molecular formula is C18H26O3. The highest BCUT2D eigenvalue weighted by molar-refractivity contribution is 5.81. The Morgan fingerprint density at radius 3 is 2.95 bits per heavy atom. The summed E-state index contributed by atoms with van der Waals surface area (Å²) in [5, 5.41) is 0. The van der Waals surface area contributed by atoms with Crippen LogP contribution >= 0.6 is 0 Å². The minimum Gasteiger partial charge on any atom is -0.463 e. The summed E-state index contributed by atoms with van der Waals surface area (Å²) in [5.74, 6) is 4.11. The molecule has 3 aliphatic rings.